The minimum Gasteiger partial charge on any atom is -0.469 e. The van der Waals surface area contributed by atoms with Crippen LogP contribution in [0.25, 0.3) is 0 Å². The van der Waals surface area contributed by atoms with E-state index in [1.54, 1.807) is 4.90 Å². The number of thioether (sulfide) groups is 1. The minimum absolute atomic E-state index is 0.0567. The van der Waals surface area contributed by atoms with Gasteiger partial charge in [0.15, 0.2) is 0 Å². The first-order valence-corrected chi connectivity index (χ1v) is 10.4. The predicted molar refractivity (Wildman–Crippen MR) is 105 cm³/mol. The number of rotatable bonds is 9. The molecule has 1 aromatic carbocycles. The van der Waals surface area contributed by atoms with Crippen molar-refractivity contribution in [3.63, 3.8) is 0 Å². The molecule has 1 amide bonds. The Morgan fingerprint density at radius 3 is 2.71 bits per heavy atom. The van der Waals surface area contributed by atoms with Crippen molar-refractivity contribution in [2.45, 2.75) is 49.8 Å². The fourth-order valence-electron chi connectivity index (χ4n) is 3.30. The molecule has 0 bridgehead atoms. The molecule has 3 rings (SSSR count). The summed E-state index contributed by atoms with van der Waals surface area (Å²) in [6, 6.07) is 10.1. The zero-order valence-corrected chi connectivity index (χ0v) is 16.8. The smallest absolute Gasteiger partial charge is 0.307 e. The topological polar surface area (TPSA) is 90.2 Å². The summed E-state index contributed by atoms with van der Waals surface area (Å²) in [6.45, 7) is 0.763. The van der Waals surface area contributed by atoms with Crippen LogP contribution in [0.1, 0.15) is 43.7 Å². The lowest BCUT2D eigenvalue weighted by Crippen LogP contribution is -2.34. The highest BCUT2D eigenvalue weighted by Gasteiger charge is 2.23. The van der Waals surface area contributed by atoms with Gasteiger partial charge in [0.25, 0.3) is 0 Å². The number of nitrogens with zero attached hydrogens (tertiary/aromatic N) is 5. The van der Waals surface area contributed by atoms with Crippen molar-refractivity contribution in [2.24, 2.45) is 0 Å². The molecule has 8 nitrogen and oxygen atoms in total. The highest BCUT2D eigenvalue weighted by Crippen LogP contribution is 2.31. The second-order valence-corrected chi connectivity index (χ2v) is 7.70. The van der Waals surface area contributed by atoms with E-state index in [1.165, 1.54) is 31.7 Å². The molecule has 9 heteroatoms. The number of carbonyl (C=O) groups excluding carboxylic acids is 2. The molecule has 0 radical (unpaired) electrons. The zero-order valence-electron chi connectivity index (χ0n) is 16.0. The number of tetrazole rings is 1. The molecule has 1 fully saturated rings. The summed E-state index contributed by atoms with van der Waals surface area (Å²) in [7, 11) is 1.35. The molecule has 0 N–H and O–H groups in total. The lowest BCUT2D eigenvalue weighted by molar-refractivity contribution is -0.141. The maximum Gasteiger partial charge on any atom is 0.307 e. The van der Waals surface area contributed by atoms with Gasteiger partial charge in [-0.05, 0) is 28.8 Å². The van der Waals surface area contributed by atoms with Crippen molar-refractivity contribution < 1.29 is 14.3 Å². The number of hydrogen-bond donors (Lipinski definition) is 0. The van der Waals surface area contributed by atoms with E-state index in [4.69, 9.17) is 4.74 Å². The van der Waals surface area contributed by atoms with Crippen LogP contribution in [0.15, 0.2) is 35.5 Å². The Kier molecular flexibility index (Phi) is 7.41. The van der Waals surface area contributed by atoms with Crippen LogP contribution in [0.5, 0.6) is 0 Å². The molecule has 0 spiro atoms. The SMILES string of the molecule is COC(=O)CCN(Cc1ccccc1)C(=O)CSc1nnnn1C1CCCC1. The van der Waals surface area contributed by atoms with E-state index >= 15 is 0 Å². The van der Waals surface area contributed by atoms with Crippen molar-refractivity contribution in [3.05, 3.63) is 35.9 Å². The second kappa shape index (κ2) is 10.2. The molecular formula is C19H25N5O3S. The maximum absolute atomic E-state index is 12.9. The number of esters is 1. The normalized spacial score (nSPS) is 14.2. The molecule has 0 unspecified atom stereocenters. The van der Waals surface area contributed by atoms with Crippen LogP contribution in [0, 0.1) is 0 Å². The summed E-state index contributed by atoms with van der Waals surface area (Å²) in [5, 5.41) is 12.6. The fourth-order valence-corrected chi connectivity index (χ4v) is 4.15. The average molecular weight is 404 g/mol. The molecule has 1 heterocycles. The summed E-state index contributed by atoms with van der Waals surface area (Å²) in [4.78, 5) is 26.1. The third-order valence-corrected chi connectivity index (χ3v) is 5.76. The van der Waals surface area contributed by atoms with Gasteiger partial charge in [-0.1, -0.05) is 54.9 Å². The van der Waals surface area contributed by atoms with Gasteiger partial charge in [0, 0.05) is 13.1 Å². The fraction of sp³-hybridized carbons (Fsp3) is 0.526. The van der Waals surface area contributed by atoms with E-state index in [0.29, 0.717) is 24.3 Å². The number of aromatic nitrogens is 4. The molecule has 0 saturated heterocycles. The minimum atomic E-state index is -0.330. The molecule has 150 valence electrons. The van der Waals surface area contributed by atoms with Crippen LogP contribution in [0.2, 0.25) is 0 Å². The Bertz CT molecular complexity index is 777. The Morgan fingerprint density at radius 1 is 1.25 bits per heavy atom. The summed E-state index contributed by atoms with van der Waals surface area (Å²) in [5.74, 6) is -0.163. The van der Waals surface area contributed by atoms with Crippen molar-refractivity contribution in [1.29, 1.82) is 0 Å². The third kappa shape index (κ3) is 5.54. The van der Waals surface area contributed by atoms with Crippen LogP contribution in [0.4, 0.5) is 0 Å². The average Bonchev–Trinajstić information content (AvgIpc) is 3.41. The first-order chi connectivity index (χ1) is 13.7. The van der Waals surface area contributed by atoms with Crippen LogP contribution >= 0.6 is 11.8 Å². The summed E-state index contributed by atoms with van der Waals surface area (Å²) in [6.07, 6.45) is 4.69. The molecule has 1 saturated carbocycles. The Morgan fingerprint density at radius 2 is 2.00 bits per heavy atom. The number of amides is 1. The molecule has 1 aromatic heterocycles. The van der Waals surface area contributed by atoms with Gasteiger partial charge in [-0.15, -0.1) is 5.10 Å². The van der Waals surface area contributed by atoms with E-state index in [9.17, 15) is 9.59 Å². The molecular weight excluding hydrogens is 378 g/mol. The van der Waals surface area contributed by atoms with Gasteiger partial charge in [-0.3, -0.25) is 9.59 Å². The van der Waals surface area contributed by atoms with Gasteiger partial charge in [0.1, 0.15) is 0 Å². The van der Waals surface area contributed by atoms with Gasteiger partial charge >= 0.3 is 5.97 Å². The van der Waals surface area contributed by atoms with Gasteiger partial charge in [-0.2, -0.15) is 0 Å². The van der Waals surface area contributed by atoms with E-state index in [1.807, 2.05) is 35.0 Å². The van der Waals surface area contributed by atoms with Gasteiger partial charge in [0.2, 0.25) is 11.1 Å². The number of ether oxygens (including phenoxy) is 1. The van der Waals surface area contributed by atoms with Crippen molar-refractivity contribution in [1.82, 2.24) is 25.1 Å². The maximum atomic E-state index is 12.9. The highest BCUT2D eigenvalue weighted by molar-refractivity contribution is 7.99. The van der Waals surface area contributed by atoms with Crippen molar-refractivity contribution >= 4 is 23.6 Å². The lowest BCUT2D eigenvalue weighted by Gasteiger charge is -2.22. The summed E-state index contributed by atoms with van der Waals surface area (Å²) in [5.41, 5.74) is 1.02. The summed E-state index contributed by atoms with van der Waals surface area (Å²) < 4.78 is 6.56. The standard InChI is InChI=1S/C19H25N5O3S/c1-27-18(26)11-12-23(13-15-7-3-2-4-8-15)17(25)14-28-19-20-21-22-24(19)16-9-5-6-10-16/h2-4,7-8,16H,5-6,9-14H2,1H3. The van der Waals surface area contributed by atoms with E-state index in [0.717, 1.165) is 18.4 Å². The predicted octanol–water partition coefficient (Wildman–Crippen LogP) is 2.47. The van der Waals surface area contributed by atoms with E-state index < -0.39 is 0 Å². The summed E-state index contributed by atoms with van der Waals surface area (Å²) >= 11 is 1.35. The second-order valence-electron chi connectivity index (χ2n) is 6.76. The van der Waals surface area contributed by atoms with Gasteiger partial charge in [0.05, 0.1) is 25.3 Å². The highest BCUT2D eigenvalue weighted by atomic mass is 32.2. The van der Waals surface area contributed by atoms with Gasteiger partial charge < -0.3 is 9.64 Å². The first kappa shape index (κ1) is 20.3. The number of carbonyl (C=O) groups is 2. The Labute approximate surface area is 168 Å². The number of methoxy groups -OCH3 is 1. The largest absolute Gasteiger partial charge is 0.469 e. The molecule has 0 aliphatic heterocycles. The van der Waals surface area contributed by atoms with Gasteiger partial charge in [-0.25, -0.2) is 4.68 Å². The first-order valence-electron chi connectivity index (χ1n) is 9.46. The molecule has 28 heavy (non-hydrogen) atoms. The third-order valence-electron chi connectivity index (χ3n) is 4.84. The quantitative estimate of drug-likeness (QED) is 0.469. The number of hydrogen-bond acceptors (Lipinski definition) is 7. The van der Waals surface area contributed by atoms with Crippen LogP contribution < -0.4 is 0 Å². The van der Waals surface area contributed by atoms with Crippen LogP contribution in [0.3, 0.4) is 0 Å². The Hall–Kier alpha value is -2.42. The lowest BCUT2D eigenvalue weighted by atomic mass is 10.2. The zero-order chi connectivity index (χ0) is 19.8. The van der Waals surface area contributed by atoms with Crippen LogP contribution in [-0.4, -0.2) is 56.4 Å². The van der Waals surface area contributed by atoms with Crippen molar-refractivity contribution in [3.8, 4) is 0 Å². The molecule has 1 aliphatic rings. The van der Waals surface area contributed by atoms with Crippen molar-refractivity contribution in [2.75, 3.05) is 19.4 Å². The van der Waals surface area contributed by atoms with E-state index in [-0.39, 0.29) is 24.1 Å². The van der Waals surface area contributed by atoms with Crippen LogP contribution in [-0.2, 0) is 20.9 Å². The molecule has 1 aliphatic carbocycles. The monoisotopic (exact) mass is 403 g/mol. The van der Waals surface area contributed by atoms with E-state index in [2.05, 4.69) is 15.5 Å². The Balaban J connectivity index is 1.62. The molecule has 2 aromatic rings. The molecule has 0 atom stereocenters. The number of benzene rings is 1.